The maximum atomic E-state index is 12.5. The Bertz CT molecular complexity index is 965. The van der Waals surface area contributed by atoms with Crippen LogP contribution in [-0.2, 0) is 32.2 Å². The van der Waals surface area contributed by atoms with E-state index in [1.807, 2.05) is 6.33 Å². The zero-order valence-corrected chi connectivity index (χ0v) is 13.7. The highest BCUT2D eigenvalue weighted by Gasteiger charge is 2.21. The molecule has 0 aliphatic heterocycles. The Morgan fingerprint density at radius 3 is 3.04 bits per heavy atom. The topological polar surface area (TPSA) is 63.6 Å². The summed E-state index contributed by atoms with van der Waals surface area (Å²) in [5.74, 6) is 0.744. The summed E-state index contributed by atoms with van der Waals surface area (Å²) in [7, 11) is 0. The van der Waals surface area contributed by atoms with E-state index in [1.54, 1.807) is 11.3 Å². The fraction of sp³-hybridized carbons (Fsp3) is 0.471. The van der Waals surface area contributed by atoms with Crippen molar-refractivity contribution in [2.24, 2.45) is 0 Å². The smallest absolute Gasteiger partial charge is 0.259 e. The molecule has 3 heterocycles. The second kappa shape index (κ2) is 5.03. The zero-order chi connectivity index (χ0) is 15.4. The van der Waals surface area contributed by atoms with Crippen LogP contribution in [0.15, 0.2) is 11.1 Å². The Labute approximate surface area is 137 Å². The molecule has 118 valence electrons. The van der Waals surface area contributed by atoms with E-state index in [4.69, 9.17) is 4.98 Å². The number of nitrogens with zero attached hydrogens (tertiary/aromatic N) is 3. The van der Waals surface area contributed by atoms with Crippen molar-refractivity contribution in [1.82, 2.24) is 19.5 Å². The van der Waals surface area contributed by atoms with Gasteiger partial charge in [0.2, 0.25) is 0 Å². The lowest BCUT2D eigenvalue weighted by molar-refractivity contribution is 0.620. The Morgan fingerprint density at radius 1 is 1.17 bits per heavy atom. The van der Waals surface area contributed by atoms with E-state index < -0.39 is 0 Å². The summed E-state index contributed by atoms with van der Waals surface area (Å²) in [4.78, 5) is 27.0. The minimum atomic E-state index is 0.0263. The van der Waals surface area contributed by atoms with Crippen LogP contribution in [0, 0.1) is 0 Å². The molecule has 0 amide bonds. The third-order valence-electron chi connectivity index (χ3n) is 5.05. The van der Waals surface area contributed by atoms with Crippen molar-refractivity contribution in [1.29, 1.82) is 0 Å². The Kier molecular flexibility index (Phi) is 2.95. The average Bonchev–Trinajstić information content (AvgIpc) is 3.21. The van der Waals surface area contributed by atoms with Gasteiger partial charge in [0.15, 0.2) is 0 Å². The summed E-state index contributed by atoms with van der Waals surface area (Å²) < 4.78 is 2.15. The summed E-state index contributed by atoms with van der Waals surface area (Å²) in [6.45, 7) is 0.607. The van der Waals surface area contributed by atoms with Gasteiger partial charge in [0.05, 0.1) is 24.0 Å². The summed E-state index contributed by atoms with van der Waals surface area (Å²) in [6.07, 6.45) is 9.78. The van der Waals surface area contributed by atoms with Gasteiger partial charge in [-0.3, -0.25) is 4.79 Å². The summed E-state index contributed by atoms with van der Waals surface area (Å²) in [6, 6.07) is 0. The SMILES string of the molecule is O=c1[nH]c(Cn2cnc3c2CCCC3)nc2sc3c(c12)CCC3. The molecule has 0 bridgehead atoms. The minimum Gasteiger partial charge on any atom is -0.327 e. The molecule has 1 N–H and O–H groups in total. The number of hydrogen-bond acceptors (Lipinski definition) is 4. The summed E-state index contributed by atoms with van der Waals surface area (Å²) in [5.41, 5.74) is 3.80. The molecule has 6 heteroatoms. The fourth-order valence-electron chi connectivity index (χ4n) is 3.95. The molecule has 0 radical (unpaired) electrons. The van der Waals surface area contributed by atoms with Crippen molar-refractivity contribution in [2.75, 3.05) is 0 Å². The molecular formula is C17H18N4OS. The average molecular weight is 326 g/mol. The largest absolute Gasteiger partial charge is 0.327 e. The van der Waals surface area contributed by atoms with E-state index in [9.17, 15) is 4.79 Å². The van der Waals surface area contributed by atoms with Gasteiger partial charge in [-0.15, -0.1) is 11.3 Å². The molecule has 0 saturated heterocycles. The Balaban J connectivity index is 1.56. The minimum absolute atomic E-state index is 0.0263. The molecule has 2 aliphatic carbocycles. The van der Waals surface area contributed by atoms with Gasteiger partial charge in [-0.1, -0.05) is 0 Å². The molecule has 5 nitrogen and oxygen atoms in total. The molecule has 3 aromatic rings. The molecular weight excluding hydrogens is 308 g/mol. The number of nitrogens with one attached hydrogen (secondary N) is 1. The lowest BCUT2D eigenvalue weighted by Gasteiger charge is -2.13. The van der Waals surface area contributed by atoms with Crippen molar-refractivity contribution in [2.45, 2.75) is 51.5 Å². The van der Waals surface area contributed by atoms with Crippen molar-refractivity contribution < 1.29 is 0 Å². The number of hydrogen-bond donors (Lipinski definition) is 1. The standard InChI is InChI=1S/C17H18N4OS/c22-16-15-10-4-3-7-13(10)23-17(15)20-14(19-16)8-21-9-18-11-5-1-2-6-12(11)21/h9H,1-8H2,(H,19,20,22). The van der Waals surface area contributed by atoms with E-state index >= 15 is 0 Å². The molecule has 0 saturated carbocycles. The van der Waals surface area contributed by atoms with Crippen molar-refractivity contribution in [3.05, 3.63) is 44.3 Å². The number of H-pyrrole nitrogens is 1. The number of fused-ring (bicyclic) bond motifs is 4. The Hall–Kier alpha value is -1.95. The van der Waals surface area contributed by atoms with Crippen LogP contribution in [0.1, 0.15) is 46.9 Å². The maximum absolute atomic E-state index is 12.5. The highest BCUT2D eigenvalue weighted by Crippen LogP contribution is 2.34. The van der Waals surface area contributed by atoms with E-state index in [1.165, 1.54) is 41.1 Å². The highest BCUT2D eigenvalue weighted by atomic mass is 32.1. The van der Waals surface area contributed by atoms with E-state index in [0.717, 1.165) is 41.7 Å². The molecule has 0 aromatic carbocycles. The number of aromatic amines is 1. The van der Waals surface area contributed by atoms with Gasteiger partial charge in [-0.2, -0.15) is 0 Å². The van der Waals surface area contributed by atoms with E-state index in [2.05, 4.69) is 14.5 Å². The quantitative estimate of drug-likeness (QED) is 0.787. The van der Waals surface area contributed by atoms with Gasteiger partial charge >= 0.3 is 0 Å². The van der Waals surface area contributed by atoms with Crippen LogP contribution in [0.5, 0.6) is 0 Å². The first-order valence-electron chi connectivity index (χ1n) is 8.36. The van der Waals surface area contributed by atoms with Crippen molar-refractivity contribution in [3.8, 4) is 0 Å². The lowest BCUT2D eigenvalue weighted by atomic mass is 10.0. The second-order valence-electron chi connectivity index (χ2n) is 6.52. The first-order chi connectivity index (χ1) is 11.3. The van der Waals surface area contributed by atoms with E-state index in [-0.39, 0.29) is 5.56 Å². The van der Waals surface area contributed by atoms with Gasteiger partial charge < -0.3 is 9.55 Å². The number of aryl methyl sites for hydroxylation is 3. The van der Waals surface area contributed by atoms with Gasteiger partial charge in [-0.05, 0) is 50.5 Å². The molecule has 5 rings (SSSR count). The number of rotatable bonds is 2. The molecule has 0 unspecified atom stereocenters. The van der Waals surface area contributed by atoms with Crippen LogP contribution in [0.4, 0.5) is 0 Å². The molecule has 2 aliphatic rings. The van der Waals surface area contributed by atoms with Gasteiger partial charge in [-0.25, -0.2) is 9.97 Å². The predicted molar refractivity (Wildman–Crippen MR) is 90.2 cm³/mol. The maximum Gasteiger partial charge on any atom is 0.259 e. The van der Waals surface area contributed by atoms with Gasteiger partial charge in [0.1, 0.15) is 10.7 Å². The Morgan fingerprint density at radius 2 is 2.09 bits per heavy atom. The van der Waals surface area contributed by atoms with Crippen LogP contribution in [-0.4, -0.2) is 19.5 Å². The first-order valence-corrected chi connectivity index (χ1v) is 9.17. The van der Waals surface area contributed by atoms with Crippen molar-refractivity contribution >= 4 is 21.6 Å². The predicted octanol–water partition coefficient (Wildman–Crippen LogP) is 2.60. The highest BCUT2D eigenvalue weighted by molar-refractivity contribution is 7.18. The third kappa shape index (κ3) is 2.08. The number of thiophene rings is 1. The van der Waals surface area contributed by atoms with Crippen LogP contribution >= 0.6 is 11.3 Å². The molecule has 23 heavy (non-hydrogen) atoms. The molecule has 0 fully saturated rings. The summed E-state index contributed by atoms with van der Waals surface area (Å²) >= 11 is 1.70. The summed E-state index contributed by atoms with van der Waals surface area (Å²) in [5, 5.41) is 0.832. The first kappa shape index (κ1) is 13.5. The van der Waals surface area contributed by atoms with Gasteiger partial charge in [0.25, 0.3) is 5.56 Å². The molecule has 3 aromatic heterocycles. The van der Waals surface area contributed by atoms with E-state index in [0.29, 0.717) is 6.54 Å². The second-order valence-corrected chi connectivity index (χ2v) is 7.61. The number of aromatic nitrogens is 4. The normalized spacial score (nSPS) is 16.7. The third-order valence-corrected chi connectivity index (χ3v) is 6.24. The van der Waals surface area contributed by atoms with Crippen LogP contribution in [0.25, 0.3) is 10.2 Å². The number of imidazole rings is 1. The van der Waals surface area contributed by atoms with Gasteiger partial charge in [0, 0.05) is 10.6 Å². The van der Waals surface area contributed by atoms with Crippen molar-refractivity contribution in [3.63, 3.8) is 0 Å². The monoisotopic (exact) mass is 326 g/mol. The lowest BCUT2D eigenvalue weighted by Crippen LogP contribution is -2.16. The van der Waals surface area contributed by atoms with Crippen LogP contribution in [0.2, 0.25) is 0 Å². The zero-order valence-electron chi connectivity index (χ0n) is 12.9. The molecule has 0 atom stereocenters. The fourth-order valence-corrected chi connectivity index (χ4v) is 5.23. The van der Waals surface area contributed by atoms with Crippen LogP contribution in [0.3, 0.4) is 0 Å². The molecule has 0 spiro atoms. The van der Waals surface area contributed by atoms with Crippen LogP contribution < -0.4 is 5.56 Å².